The molecule has 1 aliphatic rings. The molecule has 8 nitrogen and oxygen atoms in total. The molecule has 3 rings (SSSR count). The molecule has 0 aromatic heterocycles. The van der Waals surface area contributed by atoms with E-state index in [9.17, 15) is 18.0 Å². The Labute approximate surface area is 182 Å². The van der Waals surface area contributed by atoms with Gasteiger partial charge in [-0.05, 0) is 49.7 Å². The van der Waals surface area contributed by atoms with Gasteiger partial charge < -0.3 is 20.3 Å². The minimum atomic E-state index is -3.07. The van der Waals surface area contributed by atoms with Gasteiger partial charge in [0.2, 0.25) is 5.91 Å². The first-order valence-corrected chi connectivity index (χ1v) is 11.9. The summed E-state index contributed by atoms with van der Waals surface area (Å²) in [5.74, 6) is 0.284. The van der Waals surface area contributed by atoms with Crippen molar-refractivity contribution >= 4 is 33.0 Å². The number of hydrogen-bond donors (Lipinski definition) is 2. The van der Waals surface area contributed by atoms with E-state index in [-0.39, 0.29) is 35.9 Å². The van der Waals surface area contributed by atoms with Gasteiger partial charge in [-0.2, -0.15) is 0 Å². The van der Waals surface area contributed by atoms with Crippen LogP contribution in [0.1, 0.15) is 23.7 Å². The van der Waals surface area contributed by atoms with Crippen molar-refractivity contribution in [2.45, 2.75) is 19.4 Å². The lowest BCUT2D eigenvalue weighted by Gasteiger charge is -2.24. The van der Waals surface area contributed by atoms with Crippen LogP contribution in [-0.2, 0) is 14.6 Å². The maximum atomic E-state index is 12.8. The van der Waals surface area contributed by atoms with Crippen molar-refractivity contribution < 1.29 is 22.7 Å². The Kier molecular flexibility index (Phi) is 7.17. The van der Waals surface area contributed by atoms with Gasteiger partial charge in [0.25, 0.3) is 5.91 Å². The van der Waals surface area contributed by atoms with Crippen LogP contribution in [0.15, 0.2) is 48.5 Å². The van der Waals surface area contributed by atoms with E-state index >= 15 is 0 Å². The molecule has 31 heavy (non-hydrogen) atoms. The first kappa shape index (κ1) is 22.6. The molecular weight excluding hydrogens is 418 g/mol. The number of nitrogens with zero attached hydrogens (tertiary/aromatic N) is 1. The smallest absolute Gasteiger partial charge is 0.257 e. The first-order chi connectivity index (χ1) is 14.8. The molecule has 0 saturated carbocycles. The van der Waals surface area contributed by atoms with Gasteiger partial charge in [0.05, 0.1) is 30.2 Å². The summed E-state index contributed by atoms with van der Waals surface area (Å²) in [5.41, 5.74) is 1.54. The molecule has 0 bridgehead atoms. The van der Waals surface area contributed by atoms with Crippen LogP contribution in [-0.4, -0.2) is 62.9 Å². The molecule has 2 N–H and O–H groups in total. The highest BCUT2D eigenvalue weighted by Crippen LogP contribution is 2.20. The fourth-order valence-electron chi connectivity index (χ4n) is 3.41. The summed E-state index contributed by atoms with van der Waals surface area (Å²) < 4.78 is 28.7. The first-order valence-electron chi connectivity index (χ1n) is 10.1. The molecule has 1 atom stereocenters. The second-order valence-corrected chi connectivity index (χ2v) is 9.60. The van der Waals surface area contributed by atoms with Crippen LogP contribution in [0.4, 0.5) is 11.4 Å². The number of sulfone groups is 1. The highest BCUT2D eigenvalue weighted by molar-refractivity contribution is 7.91. The third kappa shape index (κ3) is 5.97. The molecule has 2 aromatic carbocycles. The van der Waals surface area contributed by atoms with E-state index < -0.39 is 9.84 Å². The molecule has 2 amide bonds. The van der Waals surface area contributed by atoms with Crippen LogP contribution in [0.2, 0.25) is 0 Å². The van der Waals surface area contributed by atoms with Crippen LogP contribution in [0, 0.1) is 0 Å². The largest absolute Gasteiger partial charge is 0.494 e. The lowest BCUT2D eigenvalue weighted by molar-refractivity contribution is -0.129. The van der Waals surface area contributed by atoms with Gasteiger partial charge >= 0.3 is 0 Å². The van der Waals surface area contributed by atoms with Crippen LogP contribution in [0.5, 0.6) is 5.75 Å². The SMILES string of the molecule is CCOc1ccc(NC(=O)c2ccccc2NCC(=O)N(C)C2CCS(=O)(=O)C2)cc1. The Hall–Kier alpha value is -3.07. The van der Waals surface area contributed by atoms with Crippen molar-refractivity contribution in [3.63, 3.8) is 0 Å². The Bertz CT molecular complexity index is 1040. The number of para-hydroxylation sites is 1. The van der Waals surface area contributed by atoms with E-state index in [1.165, 1.54) is 4.90 Å². The zero-order chi connectivity index (χ0) is 22.4. The summed E-state index contributed by atoms with van der Waals surface area (Å²) in [6, 6.07) is 13.7. The average molecular weight is 446 g/mol. The molecule has 0 radical (unpaired) electrons. The molecule has 9 heteroatoms. The molecule has 2 aromatic rings. The van der Waals surface area contributed by atoms with E-state index in [1.54, 1.807) is 55.6 Å². The fraction of sp³-hybridized carbons (Fsp3) is 0.364. The van der Waals surface area contributed by atoms with E-state index in [0.29, 0.717) is 30.0 Å². The minimum Gasteiger partial charge on any atom is -0.494 e. The Balaban J connectivity index is 1.62. The van der Waals surface area contributed by atoms with Gasteiger partial charge in [-0.1, -0.05) is 12.1 Å². The second kappa shape index (κ2) is 9.82. The normalized spacial score (nSPS) is 17.0. The summed E-state index contributed by atoms with van der Waals surface area (Å²) >= 11 is 0. The number of anilines is 2. The lowest BCUT2D eigenvalue weighted by atomic mass is 10.1. The second-order valence-electron chi connectivity index (χ2n) is 7.37. The summed E-state index contributed by atoms with van der Waals surface area (Å²) in [5, 5.41) is 5.84. The van der Waals surface area contributed by atoms with E-state index in [0.717, 1.165) is 5.75 Å². The Morgan fingerprint density at radius 3 is 2.48 bits per heavy atom. The van der Waals surface area contributed by atoms with Crippen molar-refractivity contribution in [1.82, 2.24) is 4.90 Å². The number of benzene rings is 2. The summed E-state index contributed by atoms with van der Waals surface area (Å²) in [4.78, 5) is 26.8. The molecular formula is C22H27N3O5S. The zero-order valence-corrected chi connectivity index (χ0v) is 18.4. The Morgan fingerprint density at radius 2 is 1.84 bits per heavy atom. The standard InChI is InChI=1S/C22H27N3O5S/c1-3-30-18-10-8-16(9-11-18)24-22(27)19-6-4-5-7-20(19)23-14-21(26)25(2)17-12-13-31(28,29)15-17/h4-11,17,23H,3,12-15H2,1-2H3,(H,24,27). The molecule has 1 heterocycles. The van der Waals surface area contributed by atoms with Crippen molar-refractivity contribution in [2.24, 2.45) is 0 Å². The van der Waals surface area contributed by atoms with Crippen LogP contribution in [0.25, 0.3) is 0 Å². The zero-order valence-electron chi connectivity index (χ0n) is 17.6. The molecule has 1 fully saturated rings. The Morgan fingerprint density at radius 1 is 1.13 bits per heavy atom. The molecule has 1 unspecified atom stereocenters. The number of carbonyl (C=O) groups is 2. The molecule has 0 aliphatic carbocycles. The number of likely N-dealkylation sites (N-methyl/N-ethyl adjacent to an activating group) is 1. The molecule has 1 aliphatic heterocycles. The fourth-order valence-corrected chi connectivity index (χ4v) is 5.19. The topological polar surface area (TPSA) is 105 Å². The van der Waals surface area contributed by atoms with Gasteiger partial charge in [-0.25, -0.2) is 8.42 Å². The van der Waals surface area contributed by atoms with Crippen LogP contribution >= 0.6 is 0 Å². The molecule has 166 valence electrons. The maximum Gasteiger partial charge on any atom is 0.257 e. The summed E-state index contributed by atoms with van der Waals surface area (Å²) in [6.45, 7) is 2.42. The summed E-state index contributed by atoms with van der Waals surface area (Å²) in [7, 11) is -1.46. The molecule has 0 spiro atoms. The highest BCUT2D eigenvalue weighted by atomic mass is 32.2. The summed E-state index contributed by atoms with van der Waals surface area (Å²) in [6.07, 6.45) is 0.450. The number of rotatable bonds is 8. The maximum absolute atomic E-state index is 12.8. The third-order valence-corrected chi connectivity index (χ3v) is 6.92. The number of ether oxygens (including phenoxy) is 1. The van der Waals surface area contributed by atoms with Crippen molar-refractivity contribution in [3.8, 4) is 5.75 Å². The van der Waals surface area contributed by atoms with E-state index in [4.69, 9.17) is 4.74 Å². The van der Waals surface area contributed by atoms with Crippen LogP contribution < -0.4 is 15.4 Å². The number of hydrogen-bond acceptors (Lipinski definition) is 6. The van der Waals surface area contributed by atoms with Crippen molar-refractivity contribution in [1.29, 1.82) is 0 Å². The van der Waals surface area contributed by atoms with Crippen LogP contribution in [0.3, 0.4) is 0 Å². The van der Waals surface area contributed by atoms with Gasteiger partial charge in [0.15, 0.2) is 9.84 Å². The lowest BCUT2D eigenvalue weighted by Crippen LogP contribution is -2.41. The quantitative estimate of drug-likeness (QED) is 0.647. The minimum absolute atomic E-state index is 0.00365. The van der Waals surface area contributed by atoms with Gasteiger partial charge in [-0.3, -0.25) is 9.59 Å². The third-order valence-electron chi connectivity index (χ3n) is 5.17. The van der Waals surface area contributed by atoms with Gasteiger partial charge in [-0.15, -0.1) is 0 Å². The average Bonchev–Trinajstić information content (AvgIpc) is 3.13. The molecule has 1 saturated heterocycles. The van der Waals surface area contributed by atoms with Gasteiger partial charge in [0.1, 0.15) is 5.75 Å². The highest BCUT2D eigenvalue weighted by Gasteiger charge is 2.32. The predicted octanol–water partition coefficient (Wildman–Crippen LogP) is 2.40. The van der Waals surface area contributed by atoms with E-state index in [2.05, 4.69) is 10.6 Å². The predicted molar refractivity (Wildman–Crippen MR) is 120 cm³/mol. The van der Waals surface area contributed by atoms with Gasteiger partial charge in [0, 0.05) is 24.5 Å². The monoisotopic (exact) mass is 445 g/mol. The number of carbonyl (C=O) groups excluding carboxylic acids is 2. The van der Waals surface area contributed by atoms with Crippen molar-refractivity contribution in [2.75, 3.05) is 42.3 Å². The van der Waals surface area contributed by atoms with E-state index in [1.807, 2.05) is 6.92 Å². The number of nitrogens with one attached hydrogen (secondary N) is 2. The van der Waals surface area contributed by atoms with Crippen molar-refractivity contribution in [3.05, 3.63) is 54.1 Å². The number of amides is 2.